The molecule has 25 heavy (non-hydrogen) atoms. The van der Waals surface area contributed by atoms with Gasteiger partial charge in [-0.2, -0.15) is 4.99 Å². The molecule has 0 radical (unpaired) electrons. The number of amidine groups is 1. The monoisotopic (exact) mass is 504 g/mol. The van der Waals surface area contributed by atoms with Gasteiger partial charge in [0.2, 0.25) is 0 Å². The molecule has 8 heteroatoms. The molecular weight excluding hydrogens is 494 g/mol. The summed E-state index contributed by atoms with van der Waals surface area (Å²) < 4.78 is 6.91. The van der Waals surface area contributed by atoms with Crippen molar-refractivity contribution in [3.63, 3.8) is 0 Å². The SMILES string of the molecule is NC1=NC(=O)C(=Cc2cc(Cl)c(OCc3ccc(I)cc3)c(Cl)c2)S1. The van der Waals surface area contributed by atoms with Gasteiger partial charge in [0.1, 0.15) is 6.61 Å². The zero-order chi connectivity index (χ0) is 18.0. The molecule has 3 rings (SSSR count). The molecule has 0 unspecified atom stereocenters. The predicted octanol–water partition coefficient (Wildman–Crippen LogP) is 5.11. The molecule has 0 bridgehead atoms. The summed E-state index contributed by atoms with van der Waals surface area (Å²) >= 11 is 15.9. The lowest BCUT2D eigenvalue weighted by Crippen LogP contribution is -2.01. The Labute approximate surface area is 172 Å². The molecule has 4 nitrogen and oxygen atoms in total. The normalized spacial score (nSPS) is 15.6. The Hall–Kier alpha value is -1.22. The summed E-state index contributed by atoms with van der Waals surface area (Å²) in [6.45, 7) is 0.357. The number of ether oxygens (including phenoxy) is 1. The number of hydrogen-bond acceptors (Lipinski definition) is 4. The number of carbonyl (C=O) groups is 1. The minimum atomic E-state index is -0.367. The van der Waals surface area contributed by atoms with Gasteiger partial charge in [-0.05, 0) is 75.8 Å². The highest BCUT2D eigenvalue weighted by atomic mass is 127. The predicted molar refractivity (Wildman–Crippen MR) is 112 cm³/mol. The summed E-state index contributed by atoms with van der Waals surface area (Å²) in [6, 6.07) is 11.3. The molecule has 1 heterocycles. The standard InChI is InChI=1S/C17H11Cl2IN2O2S/c18-12-5-10(7-14-16(23)22-17(21)25-14)6-13(19)15(12)24-8-9-1-3-11(20)4-2-9/h1-7H,8H2,(H2,21,22,23). The molecule has 0 aromatic heterocycles. The topological polar surface area (TPSA) is 64.7 Å². The van der Waals surface area contributed by atoms with Crippen LogP contribution in [0.15, 0.2) is 46.3 Å². The van der Waals surface area contributed by atoms with Gasteiger partial charge in [-0.15, -0.1) is 0 Å². The fraction of sp³-hybridized carbons (Fsp3) is 0.0588. The first-order chi connectivity index (χ1) is 11.9. The Morgan fingerprint density at radius 3 is 2.40 bits per heavy atom. The summed E-state index contributed by atoms with van der Waals surface area (Å²) in [5.74, 6) is 0.0407. The Morgan fingerprint density at radius 1 is 1.20 bits per heavy atom. The van der Waals surface area contributed by atoms with E-state index in [1.165, 1.54) is 0 Å². The second-order valence-electron chi connectivity index (χ2n) is 5.09. The van der Waals surface area contributed by atoms with E-state index in [0.29, 0.717) is 32.9 Å². The van der Waals surface area contributed by atoms with Crippen LogP contribution in [-0.2, 0) is 11.4 Å². The van der Waals surface area contributed by atoms with Crippen LogP contribution >= 0.6 is 57.6 Å². The number of halogens is 3. The minimum Gasteiger partial charge on any atom is -0.486 e. The number of nitrogens with two attached hydrogens (primary N) is 1. The van der Waals surface area contributed by atoms with E-state index in [0.717, 1.165) is 20.9 Å². The maximum atomic E-state index is 11.7. The fourth-order valence-electron chi connectivity index (χ4n) is 2.11. The highest BCUT2D eigenvalue weighted by molar-refractivity contribution is 14.1. The molecule has 2 aromatic carbocycles. The third-order valence-corrected chi connectivity index (χ3v) is 5.35. The lowest BCUT2D eigenvalue weighted by Gasteiger charge is -2.11. The van der Waals surface area contributed by atoms with E-state index in [1.54, 1.807) is 18.2 Å². The number of thioether (sulfide) groups is 1. The van der Waals surface area contributed by atoms with Gasteiger partial charge in [-0.25, -0.2) is 0 Å². The van der Waals surface area contributed by atoms with E-state index >= 15 is 0 Å². The Morgan fingerprint density at radius 2 is 1.84 bits per heavy atom. The number of aliphatic imine (C=N–C) groups is 1. The minimum absolute atomic E-state index is 0.228. The Balaban J connectivity index is 1.77. The largest absolute Gasteiger partial charge is 0.486 e. The van der Waals surface area contributed by atoms with Crippen LogP contribution in [0.2, 0.25) is 10.0 Å². The van der Waals surface area contributed by atoms with Crippen molar-refractivity contribution in [1.82, 2.24) is 0 Å². The van der Waals surface area contributed by atoms with E-state index < -0.39 is 0 Å². The zero-order valence-corrected chi connectivity index (χ0v) is 17.1. The third kappa shape index (κ3) is 4.69. The number of carbonyl (C=O) groups excluding carboxylic acids is 1. The Bertz CT molecular complexity index is 875. The van der Waals surface area contributed by atoms with Gasteiger partial charge in [0, 0.05) is 3.57 Å². The first-order valence-corrected chi connectivity index (χ1v) is 9.72. The lowest BCUT2D eigenvalue weighted by molar-refractivity contribution is -0.113. The van der Waals surface area contributed by atoms with Gasteiger partial charge in [0.25, 0.3) is 5.91 Å². The maximum Gasteiger partial charge on any atom is 0.286 e. The summed E-state index contributed by atoms with van der Waals surface area (Å²) in [6.07, 6.45) is 1.65. The summed E-state index contributed by atoms with van der Waals surface area (Å²) in [5.41, 5.74) is 7.23. The van der Waals surface area contributed by atoms with Gasteiger partial charge in [0.05, 0.1) is 15.0 Å². The van der Waals surface area contributed by atoms with Gasteiger partial charge < -0.3 is 10.5 Å². The van der Waals surface area contributed by atoms with Crippen molar-refractivity contribution in [2.45, 2.75) is 6.61 Å². The smallest absolute Gasteiger partial charge is 0.286 e. The molecule has 0 saturated carbocycles. The van der Waals surface area contributed by atoms with Crippen molar-refractivity contribution in [3.8, 4) is 5.75 Å². The highest BCUT2D eigenvalue weighted by Gasteiger charge is 2.20. The zero-order valence-electron chi connectivity index (χ0n) is 12.6. The maximum absolute atomic E-state index is 11.7. The number of nitrogens with zero attached hydrogens (tertiary/aromatic N) is 1. The molecule has 0 fully saturated rings. The molecule has 0 spiro atoms. The molecule has 2 N–H and O–H groups in total. The molecule has 1 aliphatic heterocycles. The second kappa shape index (κ2) is 7.99. The van der Waals surface area contributed by atoms with Crippen LogP contribution in [0.4, 0.5) is 0 Å². The van der Waals surface area contributed by atoms with Crippen LogP contribution in [0, 0.1) is 3.57 Å². The number of rotatable bonds is 4. The van der Waals surface area contributed by atoms with Crippen molar-refractivity contribution in [3.05, 3.63) is 66.0 Å². The van der Waals surface area contributed by atoms with Crippen molar-refractivity contribution >= 4 is 74.7 Å². The number of benzene rings is 2. The van der Waals surface area contributed by atoms with E-state index in [2.05, 4.69) is 27.6 Å². The van der Waals surface area contributed by atoms with Crippen molar-refractivity contribution in [1.29, 1.82) is 0 Å². The average molecular weight is 505 g/mol. The van der Waals surface area contributed by atoms with Gasteiger partial charge in [-0.1, -0.05) is 35.3 Å². The first-order valence-electron chi connectivity index (χ1n) is 7.06. The lowest BCUT2D eigenvalue weighted by atomic mass is 10.2. The van der Waals surface area contributed by atoms with Crippen LogP contribution in [-0.4, -0.2) is 11.1 Å². The first kappa shape index (κ1) is 18.6. The second-order valence-corrected chi connectivity index (χ2v) is 8.22. The summed E-state index contributed by atoms with van der Waals surface area (Å²) in [4.78, 5) is 15.7. The molecule has 0 saturated heterocycles. The van der Waals surface area contributed by atoms with Crippen LogP contribution in [0.3, 0.4) is 0 Å². The number of amides is 1. The van der Waals surface area contributed by atoms with Gasteiger partial charge >= 0.3 is 0 Å². The van der Waals surface area contributed by atoms with Gasteiger partial charge in [0.15, 0.2) is 10.9 Å². The van der Waals surface area contributed by atoms with E-state index in [-0.39, 0.29) is 11.1 Å². The van der Waals surface area contributed by atoms with E-state index in [4.69, 9.17) is 33.7 Å². The molecule has 0 atom stereocenters. The quantitative estimate of drug-likeness (QED) is 0.464. The van der Waals surface area contributed by atoms with Crippen LogP contribution < -0.4 is 10.5 Å². The molecule has 1 aliphatic rings. The van der Waals surface area contributed by atoms with E-state index in [1.807, 2.05) is 24.3 Å². The average Bonchev–Trinajstić information content (AvgIpc) is 2.86. The van der Waals surface area contributed by atoms with Crippen molar-refractivity contribution in [2.24, 2.45) is 10.7 Å². The summed E-state index contributed by atoms with van der Waals surface area (Å²) in [5, 5.41) is 0.967. The molecule has 128 valence electrons. The Kier molecular flexibility index (Phi) is 5.93. The van der Waals surface area contributed by atoms with Crippen LogP contribution in [0.1, 0.15) is 11.1 Å². The van der Waals surface area contributed by atoms with Crippen molar-refractivity contribution < 1.29 is 9.53 Å². The molecular formula is C17H11Cl2IN2O2S. The third-order valence-electron chi connectivity index (χ3n) is 3.25. The summed E-state index contributed by atoms with van der Waals surface area (Å²) in [7, 11) is 0. The molecule has 0 aliphatic carbocycles. The highest BCUT2D eigenvalue weighted by Crippen LogP contribution is 2.36. The number of hydrogen-bond donors (Lipinski definition) is 1. The van der Waals surface area contributed by atoms with Gasteiger partial charge in [-0.3, -0.25) is 4.79 Å². The fourth-order valence-corrected chi connectivity index (χ4v) is 3.77. The van der Waals surface area contributed by atoms with Crippen LogP contribution in [0.25, 0.3) is 6.08 Å². The molecule has 1 amide bonds. The van der Waals surface area contributed by atoms with E-state index in [9.17, 15) is 4.79 Å². The van der Waals surface area contributed by atoms with Crippen molar-refractivity contribution in [2.75, 3.05) is 0 Å². The molecule has 2 aromatic rings. The van der Waals surface area contributed by atoms with Crippen LogP contribution in [0.5, 0.6) is 5.75 Å².